The van der Waals surface area contributed by atoms with Crippen molar-refractivity contribution in [3.05, 3.63) is 22.6 Å². The minimum absolute atomic E-state index is 0.197. The molecule has 0 bridgehead atoms. The zero-order chi connectivity index (χ0) is 9.42. The van der Waals surface area contributed by atoms with E-state index in [0.29, 0.717) is 5.82 Å². The first-order chi connectivity index (χ1) is 6.16. The van der Waals surface area contributed by atoms with E-state index in [1.807, 2.05) is 19.1 Å². The Hall–Kier alpha value is -1.49. The van der Waals surface area contributed by atoms with E-state index in [9.17, 15) is 0 Å². The summed E-state index contributed by atoms with van der Waals surface area (Å²) in [6.07, 6.45) is 0. The van der Waals surface area contributed by atoms with Crippen molar-refractivity contribution in [2.75, 3.05) is 5.73 Å². The van der Waals surface area contributed by atoms with E-state index in [2.05, 4.69) is 9.97 Å². The van der Waals surface area contributed by atoms with Gasteiger partial charge < -0.3 is 5.73 Å². The van der Waals surface area contributed by atoms with Crippen molar-refractivity contribution in [3.63, 3.8) is 0 Å². The van der Waals surface area contributed by atoms with Crippen LogP contribution in [0.2, 0.25) is 0 Å². The minimum atomic E-state index is 0.197. The Bertz CT molecular complexity index is 517. The molecule has 0 atom stereocenters. The smallest absolute Gasteiger partial charge is 0.205 e. The summed E-state index contributed by atoms with van der Waals surface area (Å²) in [4.78, 5) is 9.10. The van der Waals surface area contributed by atoms with Crippen molar-refractivity contribution in [2.24, 2.45) is 0 Å². The Morgan fingerprint density at radius 1 is 1.38 bits per heavy atom. The van der Waals surface area contributed by atoms with E-state index >= 15 is 0 Å². The maximum Gasteiger partial charge on any atom is 0.205 e. The number of rotatable bonds is 0. The van der Waals surface area contributed by atoms with Gasteiger partial charge in [0.2, 0.25) is 4.80 Å². The highest BCUT2D eigenvalue weighted by Crippen LogP contribution is 2.17. The van der Waals surface area contributed by atoms with Gasteiger partial charge in [-0.3, -0.25) is 5.41 Å². The van der Waals surface area contributed by atoms with Gasteiger partial charge >= 0.3 is 0 Å². The second-order valence-corrected chi connectivity index (χ2v) is 3.69. The van der Waals surface area contributed by atoms with Gasteiger partial charge in [-0.2, -0.15) is 0 Å². The molecule has 13 heavy (non-hydrogen) atoms. The van der Waals surface area contributed by atoms with Crippen LogP contribution in [0.5, 0.6) is 0 Å². The molecule has 3 N–H and O–H groups in total. The van der Waals surface area contributed by atoms with Gasteiger partial charge in [-0.15, -0.1) is 0 Å². The van der Waals surface area contributed by atoms with Gasteiger partial charge in [0.25, 0.3) is 0 Å². The van der Waals surface area contributed by atoms with Crippen molar-refractivity contribution in [2.45, 2.75) is 6.92 Å². The Morgan fingerprint density at radius 2 is 2.15 bits per heavy atom. The lowest BCUT2D eigenvalue weighted by Gasteiger charge is -1.99. The molecule has 0 aromatic carbocycles. The number of nitrogens with two attached hydrogens (primary N) is 1. The van der Waals surface area contributed by atoms with E-state index in [4.69, 9.17) is 11.1 Å². The van der Waals surface area contributed by atoms with E-state index in [1.54, 1.807) is 0 Å². The number of aryl methyl sites for hydroxylation is 1. The number of pyridine rings is 1. The van der Waals surface area contributed by atoms with Crippen molar-refractivity contribution < 1.29 is 0 Å². The molecule has 0 spiro atoms. The molecule has 0 amide bonds. The van der Waals surface area contributed by atoms with Crippen molar-refractivity contribution >= 4 is 27.4 Å². The van der Waals surface area contributed by atoms with Gasteiger partial charge in [0.15, 0.2) is 0 Å². The highest BCUT2D eigenvalue weighted by atomic mass is 32.1. The summed E-state index contributed by atoms with van der Waals surface area (Å²) in [7, 11) is 0. The average molecular weight is 192 g/mol. The lowest BCUT2D eigenvalue weighted by Crippen LogP contribution is -2.05. The summed E-state index contributed by atoms with van der Waals surface area (Å²) in [6.45, 7) is 1.91. The van der Waals surface area contributed by atoms with Crippen LogP contribution in [0.4, 0.5) is 5.82 Å². The van der Waals surface area contributed by atoms with E-state index in [-0.39, 0.29) is 4.80 Å². The Kier molecular flexibility index (Phi) is 1.73. The third-order valence-electron chi connectivity index (χ3n) is 1.69. The Labute approximate surface area is 78.6 Å². The molecule has 0 aliphatic carbocycles. The van der Waals surface area contributed by atoms with Crippen molar-refractivity contribution in [3.8, 4) is 0 Å². The van der Waals surface area contributed by atoms with E-state index in [0.717, 1.165) is 15.9 Å². The number of nitrogens with one attached hydrogen (secondary N) is 1. The Balaban J connectivity index is 2.94. The highest BCUT2D eigenvalue weighted by Gasteiger charge is 2.01. The minimum Gasteiger partial charge on any atom is -0.383 e. The second kappa shape index (κ2) is 2.77. The number of nitrogen functional groups attached to an aromatic ring is 1. The molecular weight excluding hydrogens is 184 g/mol. The fourth-order valence-corrected chi connectivity index (χ4v) is 1.89. The molecule has 2 aromatic rings. The summed E-state index contributed by atoms with van der Waals surface area (Å²) < 4.78 is 0. The SMILES string of the molecule is Cc1ccc2c(N)nc(=N)sc2n1. The van der Waals surface area contributed by atoms with Gasteiger partial charge in [-0.1, -0.05) is 11.3 Å². The summed E-state index contributed by atoms with van der Waals surface area (Å²) in [5.41, 5.74) is 6.57. The molecule has 4 nitrogen and oxygen atoms in total. The predicted molar refractivity (Wildman–Crippen MR) is 52.4 cm³/mol. The summed E-state index contributed by atoms with van der Waals surface area (Å²) in [5.74, 6) is 0.381. The van der Waals surface area contributed by atoms with Crippen LogP contribution in [0.3, 0.4) is 0 Å². The molecule has 2 rings (SSSR count). The quantitative estimate of drug-likeness (QED) is 0.655. The lowest BCUT2D eigenvalue weighted by molar-refractivity contribution is 1.17. The van der Waals surface area contributed by atoms with Crippen LogP contribution in [0.15, 0.2) is 12.1 Å². The topological polar surface area (TPSA) is 75.7 Å². The maximum absolute atomic E-state index is 7.38. The van der Waals surface area contributed by atoms with E-state index in [1.165, 1.54) is 11.3 Å². The first kappa shape index (κ1) is 8.12. The zero-order valence-electron chi connectivity index (χ0n) is 7.03. The fraction of sp³-hybridized carbons (Fsp3) is 0.125. The lowest BCUT2D eigenvalue weighted by atomic mass is 10.3. The summed E-state index contributed by atoms with van der Waals surface area (Å²) >= 11 is 1.23. The monoisotopic (exact) mass is 192 g/mol. The molecule has 0 radical (unpaired) electrons. The van der Waals surface area contributed by atoms with Gasteiger partial charge in [0.1, 0.15) is 10.6 Å². The number of nitrogens with zero attached hydrogens (tertiary/aromatic N) is 2. The summed E-state index contributed by atoms with van der Waals surface area (Å²) in [6, 6.07) is 3.77. The van der Waals surface area contributed by atoms with Crippen molar-refractivity contribution in [1.82, 2.24) is 9.97 Å². The van der Waals surface area contributed by atoms with Gasteiger partial charge in [0.05, 0.1) is 5.39 Å². The standard InChI is InChI=1S/C8H8N4S/c1-4-2-3-5-6(9)12-8(10)13-7(5)11-4/h2-3H,1H3,(H3,9,10,12). The molecule has 66 valence electrons. The molecule has 2 aromatic heterocycles. The molecule has 5 heteroatoms. The van der Waals surface area contributed by atoms with Crippen LogP contribution in [0.25, 0.3) is 10.2 Å². The third kappa shape index (κ3) is 1.38. The number of hydrogen-bond donors (Lipinski definition) is 2. The van der Waals surface area contributed by atoms with Crippen molar-refractivity contribution in [1.29, 1.82) is 5.41 Å². The zero-order valence-corrected chi connectivity index (χ0v) is 7.85. The van der Waals surface area contributed by atoms with Gasteiger partial charge in [0, 0.05) is 5.69 Å². The van der Waals surface area contributed by atoms with Crippen LogP contribution in [-0.2, 0) is 0 Å². The van der Waals surface area contributed by atoms with Crippen LogP contribution in [0.1, 0.15) is 5.69 Å². The molecule has 0 aliphatic heterocycles. The number of aromatic nitrogens is 2. The van der Waals surface area contributed by atoms with Crippen LogP contribution in [-0.4, -0.2) is 9.97 Å². The van der Waals surface area contributed by atoms with E-state index < -0.39 is 0 Å². The largest absolute Gasteiger partial charge is 0.383 e. The molecule has 2 heterocycles. The number of hydrogen-bond acceptors (Lipinski definition) is 5. The predicted octanol–water partition coefficient (Wildman–Crippen LogP) is 1.06. The van der Waals surface area contributed by atoms with Gasteiger partial charge in [-0.25, -0.2) is 9.97 Å². The number of anilines is 1. The molecular formula is C8H8N4S. The van der Waals surface area contributed by atoms with Gasteiger partial charge in [-0.05, 0) is 19.1 Å². The van der Waals surface area contributed by atoms with Crippen LogP contribution in [0, 0.1) is 12.3 Å². The summed E-state index contributed by atoms with van der Waals surface area (Å²) in [5, 5.41) is 8.20. The maximum atomic E-state index is 7.38. The first-order valence-electron chi connectivity index (χ1n) is 3.75. The van der Waals surface area contributed by atoms with Crippen LogP contribution < -0.4 is 10.5 Å². The average Bonchev–Trinajstić information content (AvgIpc) is 2.02. The van der Waals surface area contributed by atoms with Crippen LogP contribution >= 0.6 is 11.3 Å². The normalized spacial score (nSPS) is 10.5. The Morgan fingerprint density at radius 3 is 2.92 bits per heavy atom. The molecule has 0 fully saturated rings. The second-order valence-electron chi connectivity index (χ2n) is 2.71. The third-order valence-corrected chi connectivity index (χ3v) is 2.48. The molecule has 0 unspecified atom stereocenters. The number of fused-ring (bicyclic) bond motifs is 1. The molecule has 0 saturated carbocycles. The fourth-order valence-electron chi connectivity index (χ4n) is 1.09. The first-order valence-corrected chi connectivity index (χ1v) is 4.57. The highest BCUT2D eigenvalue weighted by molar-refractivity contribution is 7.15. The molecule has 0 aliphatic rings. The molecule has 0 saturated heterocycles.